The van der Waals surface area contributed by atoms with Gasteiger partial charge in [-0.1, -0.05) is 309 Å². The number of hydrogen-bond donors (Lipinski definition) is 0. The van der Waals surface area contributed by atoms with Crippen LogP contribution in [0.15, 0.2) is 60.7 Å². The fraction of sp³-hybridized carbons (Fsp3) is 0.778. The molecule has 0 aliphatic rings. The zero-order valence-electron chi connectivity index (χ0n) is 42.0. The second-order valence-corrected chi connectivity index (χ2v) is 22.4. The number of unbranched alkanes of at least 4 members (excludes halogenated alkanes) is 28. The summed E-state index contributed by atoms with van der Waals surface area (Å²) in [4.78, 5) is 50.4. The van der Waals surface area contributed by atoms with Crippen molar-refractivity contribution >= 4 is 113 Å². The molecule has 0 spiro atoms. The van der Waals surface area contributed by atoms with E-state index in [1.807, 2.05) is 60.7 Å². The summed E-state index contributed by atoms with van der Waals surface area (Å²) in [5.74, 6) is 0. The number of benzene rings is 2. The first-order valence-electron chi connectivity index (χ1n) is 26.1. The van der Waals surface area contributed by atoms with Crippen LogP contribution >= 0.6 is 15.2 Å². The van der Waals surface area contributed by atoms with Gasteiger partial charge in [-0.05, 0) is 36.8 Å². The molecule has 0 saturated heterocycles. The van der Waals surface area contributed by atoms with Crippen molar-refractivity contribution < 1.29 is 28.7 Å². The van der Waals surface area contributed by atoms with E-state index in [-0.39, 0.29) is 97.8 Å². The molecule has 360 valence electrons. The topological polar surface area (TPSA) is 126 Å². The maximum atomic E-state index is 12.6. The van der Waals surface area contributed by atoms with Gasteiger partial charge in [-0.15, -0.1) is 0 Å². The zero-order valence-corrected chi connectivity index (χ0v) is 52.7. The molecule has 0 aromatic heterocycles. The van der Waals surface area contributed by atoms with Crippen LogP contribution in [-0.2, 0) is 19.4 Å². The second-order valence-electron chi connectivity index (χ2n) is 18.7. The van der Waals surface area contributed by atoms with Crippen molar-refractivity contribution in [2.24, 2.45) is 0 Å². The molecule has 0 amide bonds. The van der Waals surface area contributed by atoms with Gasteiger partial charge in [-0.25, -0.2) is 0 Å². The Morgan fingerprint density at radius 2 is 0.484 bits per heavy atom. The van der Waals surface area contributed by atoms with Crippen LogP contribution < -0.4 is 19.6 Å². The molecular weight excluding hydrogens is 1080 g/mol. The third kappa shape index (κ3) is 29.9. The maximum absolute atomic E-state index is 12.6. The third-order valence-electron chi connectivity index (χ3n) is 13.4. The Kier molecular flexibility index (Phi) is 46.4. The van der Waals surface area contributed by atoms with Crippen molar-refractivity contribution in [2.45, 2.75) is 269 Å². The van der Waals surface area contributed by atoms with Crippen molar-refractivity contribution in [3.63, 3.8) is 0 Å². The molecule has 2 unspecified atom stereocenters. The SMILES string of the molecule is CCCCCCCCCCCC(CCCCCCCCC)(c1ccccc1)P(=O)([O-])[O-].CCCCCCCCCCCC(CCCCCCCCC)(c1ccccc1)P(=O)([O-])[O-].[Ba+2].[Ba+2]. The van der Waals surface area contributed by atoms with Crippen molar-refractivity contribution in [2.75, 3.05) is 0 Å². The van der Waals surface area contributed by atoms with Gasteiger partial charge in [-0.3, -0.25) is 0 Å². The molecular formula is C54H94Ba2O6P2. The van der Waals surface area contributed by atoms with Crippen LogP contribution in [0.5, 0.6) is 0 Å². The van der Waals surface area contributed by atoms with Gasteiger partial charge in [0, 0.05) is 10.3 Å². The molecule has 0 saturated carbocycles. The molecule has 0 fully saturated rings. The van der Waals surface area contributed by atoms with Crippen LogP contribution in [0.25, 0.3) is 0 Å². The normalized spacial score (nSPS) is 13.5. The maximum Gasteiger partial charge on any atom is 2.00 e. The first-order chi connectivity index (χ1) is 30.0. The smallest absolute Gasteiger partial charge is 0.810 e. The molecule has 2 rings (SSSR count). The fourth-order valence-electron chi connectivity index (χ4n) is 9.39. The summed E-state index contributed by atoms with van der Waals surface area (Å²) in [7, 11) is -9.54. The first kappa shape index (κ1) is 68.0. The van der Waals surface area contributed by atoms with E-state index < -0.39 is 25.5 Å². The van der Waals surface area contributed by atoms with Gasteiger partial charge in [-0.2, -0.15) is 0 Å². The van der Waals surface area contributed by atoms with E-state index in [1.54, 1.807) is 0 Å². The third-order valence-corrected chi connectivity index (χ3v) is 17.0. The van der Waals surface area contributed by atoms with E-state index in [0.717, 1.165) is 77.0 Å². The molecule has 0 bridgehead atoms. The second kappa shape index (κ2) is 43.7. The van der Waals surface area contributed by atoms with Crippen LogP contribution in [0, 0.1) is 0 Å². The molecule has 6 nitrogen and oxygen atoms in total. The van der Waals surface area contributed by atoms with Crippen LogP contribution in [0.4, 0.5) is 0 Å². The quantitative estimate of drug-likeness (QED) is 0.0372. The zero-order chi connectivity index (χ0) is 45.7. The van der Waals surface area contributed by atoms with E-state index in [4.69, 9.17) is 0 Å². The average Bonchev–Trinajstić information content (AvgIpc) is 3.26. The molecule has 2 aromatic carbocycles. The predicted octanol–water partition coefficient (Wildman–Crippen LogP) is 15.0. The monoisotopic (exact) mass is 1180 g/mol. The Bertz CT molecular complexity index is 1290. The fourth-order valence-corrected chi connectivity index (χ4v) is 12.1. The summed E-state index contributed by atoms with van der Waals surface area (Å²) in [6, 6.07) is 18.6. The average molecular weight is 1180 g/mol. The van der Waals surface area contributed by atoms with Gasteiger partial charge in [0.2, 0.25) is 0 Å². The molecule has 0 radical (unpaired) electrons. The van der Waals surface area contributed by atoms with Crippen LogP contribution in [-0.4, -0.2) is 97.8 Å². The summed E-state index contributed by atoms with van der Waals surface area (Å²) in [6.07, 6.45) is 39.0. The standard InChI is InChI=1S/2C27H49O3P.2Ba/c2*1-3-5-7-9-11-12-14-16-21-25-27(31(28,29)30,26-22-18-17-19-23-26)24-20-15-13-10-8-6-4-2;;/h2*17-19,22-23H,3-16,20-21,24-25H2,1-2H3,(H2,28,29,30);;/q;;2*+2/p-4. The molecule has 0 aliphatic carbocycles. The molecule has 2 aromatic rings. The Morgan fingerprint density at radius 3 is 0.656 bits per heavy atom. The van der Waals surface area contributed by atoms with Crippen LogP contribution in [0.3, 0.4) is 0 Å². The Morgan fingerprint density at radius 1 is 0.312 bits per heavy atom. The molecule has 64 heavy (non-hydrogen) atoms. The molecule has 2 atom stereocenters. The molecule has 0 aliphatic heterocycles. The number of rotatable bonds is 40. The Labute approximate surface area is 476 Å². The van der Waals surface area contributed by atoms with E-state index in [0.29, 0.717) is 36.8 Å². The summed E-state index contributed by atoms with van der Waals surface area (Å²) >= 11 is 0. The van der Waals surface area contributed by atoms with E-state index in [2.05, 4.69) is 27.7 Å². The molecule has 0 N–H and O–H groups in total. The van der Waals surface area contributed by atoms with Gasteiger partial charge < -0.3 is 28.7 Å². The van der Waals surface area contributed by atoms with E-state index in [9.17, 15) is 28.7 Å². The number of hydrogen-bond acceptors (Lipinski definition) is 6. The minimum absolute atomic E-state index is 0. The minimum atomic E-state index is -4.77. The van der Waals surface area contributed by atoms with Gasteiger partial charge >= 0.3 is 97.8 Å². The van der Waals surface area contributed by atoms with E-state index in [1.165, 1.54) is 128 Å². The van der Waals surface area contributed by atoms with Crippen molar-refractivity contribution in [3.8, 4) is 0 Å². The first-order valence-corrected chi connectivity index (χ1v) is 29.2. The summed E-state index contributed by atoms with van der Waals surface area (Å²) in [6.45, 7) is 8.88. The summed E-state index contributed by atoms with van der Waals surface area (Å²) in [5, 5.41) is -2.47. The van der Waals surface area contributed by atoms with Crippen molar-refractivity contribution in [1.82, 2.24) is 0 Å². The van der Waals surface area contributed by atoms with Crippen LogP contribution in [0.1, 0.15) is 270 Å². The summed E-state index contributed by atoms with van der Waals surface area (Å²) < 4.78 is 25.2. The predicted molar refractivity (Wildman–Crippen MR) is 272 cm³/mol. The van der Waals surface area contributed by atoms with Crippen LogP contribution in [0.2, 0.25) is 0 Å². The minimum Gasteiger partial charge on any atom is -0.810 e. The van der Waals surface area contributed by atoms with Gasteiger partial charge in [0.05, 0.1) is 0 Å². The molecule has 0 heterocycles. The van der Waals surface area contributed by atoms with Gasteiger partial charge in [0.15, 0.2) is 0 Å². The van der Waals surface area contributed by atoms with Gasteiger partial charge in [0.25, 0.3) is 0 Å². The Balaban J connectivity index is 0. The summed E-state index contributed by atoms with van der Waals surface area (Å²) in [5.41, 5.74) is 1.41. The van der Waals surface area contributed by atoms with Gasteiger partial charge in [0.1, 0.15) is 0 Å². The largest absolute Gasteiger partial charge is 2.00 e. The molecule has 10 heteroatoms. The van der Waals surface area contributed by atoms with E-state index >= 15 is 0 Å². The van der Waals surface area contributed by atoms with Crippen molar-refractivity contribution in [3.05, 3.63) is 71.8 Å². The van der Waals surface area contributed by atoms with Crippen molar-refractivity contribution in [1.29, 1.82) is 0 Å². The Hall–Kier alpha value is 1.88.